The Kier molecular flexibility index (Phi) is 4.11. The molecule has 2 aromatic rings. The number of halogens is 2. The van der Waals surface area contributed by atoms with Gasteiger partial charge in [-0.25, -0.2) is 9.37 Å². The van der Waals surface area contributed by atoms with E-state index in [4.69, 9.17) is 5.73 Å². The predicted octanol–water partition coefficient (Wildman–Crippen LogP) is 2.69. The molecule has 0 aliphatic rings. The molecule has 98 valence electrons. The number of nitrogens with one attached hydrogen (secondary N) is 1. The Morgan fingerprint density at radius 2 is 2.16 bits per heavy atom. The summed E-state index contributed by atoms with van der Waals surface area (Å²) in [6.45, 7) is 0.394. The van der Waals surface area contributed by atoms with Gasteiger partial charge in [0, 0.05) is 22.8 Å². The van der Waals surface area contributed by atoms with Gasteiger partial charge in [0.05, 0.1) is 0 Å². The third-order valence-electron chi connectivity index (χ3n) is 2.44. The van der Waals surface area contributed by atoms with Crippen LogP contribution >= 0.6 is 15.9 Å². The highest BCUT2D eigenvalue weighted by molar-refractivity contribution is 9.10. The number of benzene rings is 1. The number of aromatic nitrogens is 1. The lowest BCUT2D eigenvalue weighted by atomic mass is 10.2. The summed E-state index contributed by atoms with van der Waals surface area (Å²) >= 11 is 3.23. The van der Waals surface area contributed by atoms with Gasteiger partial charge in [-0.3, -0.25) is 4.79 Å². The fourth-order valence-electron chi connectivity index (χ4n) is 1.59. The molecular weight excluding hydrogens is 313 g/mol. The molecule has 19 heavy (non-hydrogen) atoms. The maximum Gasteiger partial charge on any atom is 0.248 e. The van der Waals surface area contributed by atoms with Crippen LogP contribution in [0.5, 0.6) is 0 Å². The largest absolute Gasteiger partial charge is 0.366 e. The van der Waals surface area contributed by atoms with Crippen LogP contribution in [0.2, 0.25) is 0 Å². The van der Waals surface area contributed by atoms with E-state index < -0.39 is 5.91 Å². The van der Waals surface area contributed by atoms with Crippen molar-refractivity contribution >= 4 is 27.7 Å². The fraction of sp³-hybridized carbons (Fsp3) is 0.0769. The van der Waals surface area contributed by atoms with E-state index in [0.29, 0.717) is 22.4 Å². The van der Waals surface area contributed by atoms with Crippen LogP contribution in [0.4, 0.5) is 10.2 Å². The van der Waals surface area contributed by atoms with Gasteiger partial charge in [-0.15, -0.1) is 0 Å². The maximum absolute atomic E-state index is 13.2. The third-order valence-corrected chi connectivity index (χ3v) is 2.90. The number of amides is 1. The van der Waals surface area contributed by atoms with E-state index in [1.54, 1.807) is 12.1 Å². The second-order valence-corrected chi connectivity index (χ2v) is 4.84. The first-order chi connectivity index (χ1) is 9.04. The van der Waals surface area contributed by atoms with E-state index >= 15 is 0 Å². The molecule has 4 nitrogen and oxygen atoms in total. The third kappa shape index (κ3) is 3.75. The molecule has 0 saturated carbocycles. The number of nitrogens with zero attached hydrogens (tertiary/aromatic N) is 1. The fourth-order valence-corrected chi connectivity index (χ4v) is 2.10. The van der Waals surface area contributed by atoms with Gasteiger partial charge in [-0.05, 0) is 35.9 Å². The van der Waals surface area contributed by atoms with Gasteiger partial charge >= 0.3 is 0 Å². The van der Waals surface area contributed by atoms with Crippen LogP contribution in [-0.4, -0.2) is 10.9 Å². The normalized spacial score (nSPS) is 10.2. The first-order valence-corrected chi connectivity index (χ1v) is 6.28. The highest BCUT2D eigenvalue weighted by Gasteiger charge is 2.03. The number of nitrogens with two attached hydrogens (primary N) is 1. The standard InChI is InChI=1S/C13H11BrFN3O/c14-10-3-8(4-11(15)6-10)7-18-12-5-9(13(16)19)1-2-17-12/h1-6H,7H2,(H2,16,19)(H,17,18). The van der Waals surface area contributed by atoms with Crippen molar-refractivity contribution in [3.05, 3.63) is 57.9 Å². The minimum Gasteiger partial charge on any atom is -0.366 e. The van der Waals surface area contributed by atoms with Crippen molar-refractivity contribution in [3.63, 3.8) is 0 Å². The molecule has 1 aromatic heterocycles. The summed E-state index contributed by atoms with van der Waals surface area (Å²) < 4.78 is 13.9. The van der Waals surface area contributed by atoms with E-state index in [1.807, 2.05) is 0 Å². The smallest absolute Gasteiger partial charge is 0.248 e. The molecule has 0 radical (unpaired) electrons. The lowest BCUT2D eigenvalue weighted by Crippen LogP contribution is -2.12. The zero-order valence-corrected chi connectivity index (χ0v) is 11.4. The van der Waals surface area contributed by atoms with Gasteiger partial charge in [0.15, 0.2) is 0 Å². The Morgan fingerprint density at radius 1 is 1.37 bits per heavy atom. The average Bonchev–Trinajstić information content (AvgIpc) is 2.35. The van der Waals surface area contributed by atoms with Crippen LogP contribution in [0.1, 0.15) is 15.9 Å². The van der Waals surface area contributed by atoms with Crippen LogP contribution in [0.3, 0.4) is 0 Å². The van der Waals surface area contributed by atoms with Crippen molar-refractivity contribution < 1.29 is 9.18 Å². The molecule has 0 bridgehead atoms. The van der Waals surface area contributed by atoms with Crippen LogP contribution in [0, 0.1) is 5.82 Å². The monoisotopic (exact) mass is 323 g/mol. The molecular formula is C13H11BrFN3O. The number of carbonyl (C=O) groups excluding carboxylic acids is 1. The Bertz CT molecular complexity index is 598. The van der Waals surface area contributed by atoms with E-state index in [1.165, 1.54) is 24.4 Å². The van der Waals surface area contributed by atoms with Crippen LogP contribution in [0.15, 0.2) is 41.0 Å². The van der Waals surface area contributed by atoms with Crippen molar-refractivity contribution in [1.29, 1.82) is 0 Å². The lowest BCUT2D eigenvalue weighted by molar-refractivity contribution is 0.1000. The highest BCUT2D eigenvalue weighted by atomic mass is 79.9. The molecule has 0 aliphatic heterocycles. The van der Waals surface area contributed by atoms with Crippen molar-refractivity contribution in [2.75, 3.05) is 5.32 Å². The molecule has 1 aromatic carbocycles. The average molecular weight is 324 g/mol. The van der Waals surface area contributed by atoms with E-state index in [9.17, 15) is 9.18 Å². The first kappa shape index (κ1) is 13.5. The van der Waals surface area contributed by atoms with Crippen LogP contribution < -0.4 is 11.1 Å². The van der Waals surface area contributed by atoms with Gasteiger partial charge in [0.1, 0.15) is 11.6 Å². The predicted molar refractivity (Wildman–Crippen MR) is 74.2 cm³/mol. The van der Waals surface area contributed by atoms with Gasteiger partial charge < -0.3 is 11.1 Å². The molecule has 1 heterocycles. The summed E-state index contributed by atoms with van der Waals surface area (Å²) in [5.74, 6) is -0.319. The van der Waals surface area contributed by atoms with E-state index in [-0.39, 0.29) is 5.82 Å². The Hall–Kier alpha value is -1.95. The first-order valence-electron chi connectivity index (χ1n) is 5.49. The molecule has 2 rings (SSSR count). The van der Waals surface area contributed by atoms with E-state index in [2.05, 4.69) is 26.2 Å². The quantitative estimate of drug-likeness (QED) is 0.909. The molecule has 0 saturated heterocycles. The Balaban J connectivity index is 2.10. The maximum atomic E-state index is 13.2. The SMILES string of the molecule is NC(=O)c1ccnc(NCc2cc(F)cc(Br)c2)c1. The summed E-state index contributed by atoms with van der Waals surface area (Å²) in [6.07, 6.45) is 1.49. The van der Waals surface area contributed by atoms with Crippen molar-refractivity contribution in [2.24, 2.45) is 5.73 Å². The summed E-state index contributed by atoms with van der Waals surface area (Å²) in [7, 11) is 0. The lowest BCUT2D eigenvalue weighted by Gasteiger charge is -2.07. The minimum atomic E-state index is -0.515. The summed E-state index contributed by atoms with van der Waals surface area (Å²) in [6, 6.07) is 7.70. The summed E-state index contributed by atoms with van der Waals surface area (Å²) in [5.41, 5.74) is 6.31. The Labute approximate surface area is 118 Å². The van der Waals surface area contributed by atoms with Crippen molar-refractivity contribution in [1.82, 2.24) is 4.98 Å². The summed E-state index contributed by atoms with van der Waals surface area (Å²) in [5, 5.41) is 3.00. The second-order valence-electron chi connectivity index (χ2n) is 3.93. The topological polar surface area (TPSA) is 68.0 Å². The van der Waals surface area contributed by atoms with Gasteiger partial charge in [0.25, 0.3) is 0 Å². The zero-order valence-electron chi connectivity index (χ0n) is 9.86. The molecule has 6 heteroatoms. The van der Waals surface area contributed by atoms with Gasteiger partial charge in [-0.1, -0.05) is 15.9 Å². The highest BCUT2D eigenvalue weighted by Crippen LogP contribution is 2.16. The number of anilines is 1. The van der Waals surface area contributed by atoms with Gasteiger partial charge in [0.2, 0.25) is 5.91 Å². The van der Waals surface area contributed by atoms with Crippen molar-refractivity contribution in [3.8, 4) is 0 Å². The van der Waals surface area contributed by atoms with Crippen molar-refractivity contribution in [2.45, 2.75) is 6.54 Å². The van der Waals surface area contributed by atoms with Gasteiger partial charge in [-0.2, -0.15) is 0 Å². The number of carbonyl (C=O) groups is 1. The molecule has 0 fully saturated rings. The minimum absolute atomic E-state index is 0.315. The molecule has 0 unspecified atom stereocenters. The zero-order chi connectivity index (χ0) is 13.8. The Morgan fingerprint density at radius 3 is 2.84 bits per heavy atom. The number of pyridine rings is 1. The number of hydrogen-bond donors (Lipinski definition) is 2. The second kappa shape index (κ2) is 5.79. The van der Waals surface area contributed by atoms with Crippen LogP contribution in [0.25, 0.3) is 0 Å². The van der Waals surface area contributed by atoms with Crippen LogP contribution in [-0.2, 0) is 6.54 Å². The number of primary amides is 1. The number of rotatable bonds is 4. The molecule has 0 aliphatic carbocycles. The molecule has 0 spiro atoms. The molecule has 0 atom stereocenters. The molecule has 1 amide bonds. The summed E-state index contributed by atoms with van der Waals surface area (Å²) in [4.78, 5) is 15.1. The number of hydrogen-bond acceptors (Lipinski definition) is 3. The van der Waals surface area contributed by atoms with E-state index in [0.717, 1.165) is 5.56 Å². The molecule has 3 N–H and O–H groups in total.